The second kappa shape index (κ2) is 9.95. The van der Waals surface area contributed by atoms with E-state index in [9.17, 15) is 22.8 Å². The highest BCUT2D eigenvalue weighted by Gasteiger charge is 2.29. The Bertz CT molecular complexity index is 815. The van der Waals surface area contributed by atoms with Gasteiger partial charge in [0.05, 0.1) is 5.56 Å². The second-order valence-corrected chi connectivity index (χ2v) is 6.41. The van der Waals surface area contributed by atoms with Gasteiger partial charge < -0.3 is 15.5 Å². The number of amides is 3. The van der Waals surface area contributed by atoms with Crippen molar-refractivity contribution in [2.24, 2.45) is 0 Å². The van der Waals surface area contributed by atoms with Gasteiger partial charge in [0.15, 0.2) is 0 Å². The molecule has 0 aliphatic carbocycles. The van der Waals surface area contributed by atoms with Crippen LogP contribution in [0.4, 0.5) is 18.0 Å². The van der Waals surface area contributed by atoms with E-state index in [0.717, 1.165) is 17.7 Å². The minimum Gasteiger partial charge on any atom is -0.339 e. The Morgan fingerprint density at radius 2 is 1.28 bits per heavy atom. The zero-order chi connectivity index (χ0) is 21.4. The van der Waals surface area contributed by atoms with Gasteiger partial charge >= 0.3 is 12.2 Å². The molecule has 0 unspecified atom stereocenters. The first-order valence-corrected chi connectivity index (χ1v) is 9.30. The summed E-state index contributed by atoms with van der Waals surface area (Å²) in [5.41, 5.74) is 1.25. The Balaban J connectivity index is 1.81. The van der Waals surface area contributed by atoms with Gasteiger partial charge in [0.1, 0.15) is 0 Å². The molecule has 0 aliphatic rings. The van der Waals surface area contributed by atoms with E-state index >= 15 is 0 Å². The number of hydrogen-bond acceptors (Lipinski definition) is 2. The Hall–Kier alpha value is -3.03. The van der Waals surface area contributed by atoms with E-state index in [1.54, 1.807) is 29.2 Å². The van der Waals surface area contributed by atoms with Gasteiger partial charge in [-0.2, -0.15) is 13.2 Å². The van der Waals surface area contributed by atoms with Crippen LogP contribution < -0.4 is 10.6 Å². The molecule has 0 fully saturated rings. The minimum absolute atomic E-state index is 0.0382. The van der Waals surface area contributed by atoms with E-state index in [1.165, 1.54) is 12.1 Å². The maximum absolute atomic E-state index is 12.5. The molecule has 0 saturated heterocycles. The van der Waals surface area contributed by atoms with Crippen LogP contribution in [0.2, 0.25) is 0 Å². The smallest absolute Gasteiger partial charge is 0.339 e. The molecule has 0 atom stereocenters. The molecule has 0 radical (unpaired) electrons. The van der Waals surface area contributed by atoms with E-state index in [-0.39, 0.29) is 19.0 Å². The number of carbonyl (C=O) groups is 2. The molecular weight excluding hydrogens is 383 g/mol. The summed E-state index contributed by atoms with van der Waals surface area (Å²) in [6.45, 7) is 5.49. The number of hydrogen-bond donors (Lipinski definition) is 2. The molecule has 0 bridgehead atoms. The normalized spacial score (nSPS) is 11.1. The van der Waals surface area contributed by atoms with E-state index in [0.29, 0.717) is 24.2 Å². The van der Waals surface area contributed by atoms with Gasteiger partial charge in [-0.05, 0) is 49.2 Å². The number of alkyl halides is 3. The van der Waals surface area contributed by atoms with Crippen molar-refractivity contribution in [3.8, 4) is 0 Å². The second-order valence-electron chi connectivity index (χ2n) is 6.41. The van der Waals surface area contributed by atoms with Gasteiger partial charge in [-0.1, -0.05) is 24.3 Å². The summed E-state index contributed by atoms with van der Waals surface area (Å²) in [6, 6.07) is 11.2. The van der Waals surface area contributed by atoms with Crippen molar-refractivity contribution in [1.29, 1.82) is 0 Å². The van der Waals surface area contributed by atoms with E-state index < -0.39 is 17.8 Å². The molecule has 29 heavy (non-hydrogen) atoms. The third-order valence-electron chi connectivity index (χ3n) is 4.44. The molecule has 0 aromatic heterocycles. The first kappa shape index (κ1) is 22.3. The summed E-state index contributed by atoms with van der Waals surface area (Å²) in [7, 11) is 0. The summed E-state index contributed by atoms with van der Waals surface area (Å²) in [4.78, 5) is 25.9. The summed E-state index contributed by atoms with van der Waals surface area (Å²) in [5.74, 6) is -0.0382. The number of urea groups is 1. The number of carbonyl (C=O) groups excluding carboxylic acids is 2. The fourth-order valence-corrected chi connectivity index (χ4v) is 2.70. The number of rotatable bonds is 7. The van der Waals surface area contributed by atoms with Crippen molar-refractivity contribution in [3.63, 3.8) is 0 Å². The van der Waals surface area contributed by atoms with Gasteiger partial charge in [-0.15, -0.1) is 0 Å². The van der Waals surface area contributed by atoms with Gasteiger partial charge in [0, 0.05) is 31.7 Å². The summed E-state index contributed by atoms with van der Waals surface area (Å²) < 4.78 is 37.6. The zero-order valence-corrected chi connectivity index (χ0v) is 16.3. The van der Waals surface area contributed by atoms with Gasteiger partial charge in [0.25, 0.3) is 5.91 Å². The summed E-state index contributed by atoms with van der Waals surface area (Å²) in [5, 5.41) is 5.27. The van der Waals surface area contributed by atoms with Crippen LogP contribution in [-0.2, 0) is 19.3 Å². The number of halogens is 3. The molecule has 2 N–H and O–H groups in total. The Kier molecular flexibility index (Phi) is 7.64. The Morgan fingerprint density at radius 1 is 0.828 bits per heavy atom. The van der Waals surface area contributed by atoms with Crippen LogP contribution in [0.1, 0.15) is 40.9 Å². The van der Waals surface area contributed by atoms with Gasteiger partial charge in [-0.3, -0.25) is 4.79 Å². The molecule has 0 heterocycles. The molecule has 8 heteroatoms. The number of benzene rings is 2. The van der Waals surface area contributed by atoms with Crippen LogP contribution in [0, 0.1) is 0 Å². The lowest BCUT2D eigenvalue weighted by Crippen LogP contribution is -2.34. The fraction of sp³-hybridized carbons (Fsp3) is 0.333. The van der Waals surface area contributed by atoms with Crippen LogP contribution in [0.15, 0.2) is 48.5 Å². The van der Waals surface area contributed by atoms with Crippen molar-refractivity contribution < 1.29 is 22.8 Å². The van der Waals surface area contributed by atoms with Crippen LogP contribution in [0.5, 0.6) is 0 Å². The van der Waals surface area contributed by atoms with Crippen LogP contribution in [0.25, 0.3) is 0 Å². The summed E-state index contributed by atoms with van der Waals surface area (Å²) >= 11 is 0. The van der Waals surface area contributed by atoms with Crippen LogP contribution in [-0.4, -0.2) is 29.9 Å². The molecule has 0 spiro atoms. The van der Waals surface area contributed by atoms with Crippen LogP contribution in [0.3, 0.4) is 0 Å². The number of nitrogens with one attached hydrogen (secondary N) is 2. The van der Waals surface area contributed by atoms with Crippen molar-refractivity contribution >= 4 is 11.9 Å². The van der Waals surface area contributed by atoms with E-state index in [1.807, 2.05) is 13.8 Å². The lowest BCUT2D eigenvalue weighted by Gasteiger charge is -2.18. The predicted octanol–water partition coefficient (Wildman–Crippen LogP) is 4.19. The minimum atomic E-state index is -4.38. The average molecular weight is 407 g/mol. The van der Waals surface area contributed by atoms with Gasteiger partial charge in [0.2, 0.25) is 0 Å². The molecule has 5 nitrogen and oxygen atoms in total. The molecular formula is C21H24F3N3O2. The Morgan fingerprint density at radius 3 is 1.69 bits per heavy atom. The SMILES string of the molecule is CCN(CC)C(=O)c1ccc(CNC(=O)NCc2ccc(C(F)(F)F)cc2)cc1. The highest BCUT2D eigenvalue weighted by atomic mass is 19.4. The third-order valence-corrected chi connectivity index (χ3v) is 4.44. The van der Waals surface area contributed by atoms with Crippen LogP contribution >= 0.6 is 0 Å². The topological polar surface area (TPSA) is 61.4 Å². The lowest BCUT2D eigenvalue weighted by atomic mass is 10.1. The van der Waals surface area contributed by atoms with Gasteiger partial charge in [-0.25, -0.2) is 4.79 Å². The maximum atomic E-state index is 12.5. The molecule has 0 saturated carbocycles. The monoisotopic (exact) mass is 407 g/mol. The fourth-order valence-electron chi connectivity index (χ4n) is 2.70. The zero-order valence-electron chi connectivity index (χ0n) is 16.3. The lowest BCUT2D eigenvalue weighted by molar-refractivity contribution is -0.137. The highest BCUT2D eigenvalue weighted by Crippen LogP contribution is 2.29. The highest BCUT2D eigenvalue weighted by molar-refractivity contribution is 5.94. The Labute approximate surface area is 167 Å². The third kappa shape index (κ3) is 6.51. The summed E-state index contributed by atoms with van der Waals surface area (Å²) in [6.07, 6.45) is -4.38. The first-order chi connectivity index (χ1) is 13.7. The molecule has 2 aromatic rings. The largest absolute Gasteiger partial charge is 0.416 e. The van der Waals surface area contributed by atoms with Crippen molar-refractivity contribution in [2.75, 3.05) is 13.1 Å². The van der Waals surface area contributed by atoms with E-state index in [4.69, 9.17) is 0 Å². The maximum Gasteiger partial charge on any atom is 0.416 e. The van der Waals surface area contributed by atoms with Crippen molar-refractivity contribution in [3.05, 3.63) is 70.8 Å². The molecule has 2 rings (SSSR count). The number of nitrogens with zero attached hydrogens (tertiary/aromatic N) is 1. The molecule has 2 aromatic carbocycles. The first-order valence-electron chi connectivity index (χ1n) is 9.30. The quantitative estimate of drug-likeness (QED) is 0.723. The molecule has 3 amide bonds. The molecule has 156 valence electrons. The average Bonchev–Trinajstić information content (AvgIpc) is 2.71. The predicted molar refractivity (Wildman–Crippen MR) is 104 cm³/mol. The van der Waals surface area contributed by atoms with E-state index in [2.05, 4.69) is 10.6 Å². The van der Waals surface area contributed by atoms with Crippen molar-refractivity contribution in [1.82, 2.24) is 15.5 Å². The van der Waals surface area contributed by atoms with Crippen molar-refractivity contribution in [2.45, 2.75) is 33.1 Å². The standard InChI is InChI=1S/C21H24F3N3O2/c1-3-27(4-2)19(28)17-9-5-15(6-10-17)13-25-20(29)26-14-16-7-11-18(12-8-16)21(22,23)24/h5-12H,3-4,13-14H2,1-2H3,(H2,25,26,29). The molecule has 0 aliphatic heterocycles.